The predicted octanol–water partition coefficient (Wildman–Crippen LogP) is 3.01. The van der Waals surface area contributed by atoms with Crippen molar-refractivity contribution in [2.45, 2.75) is 13.8 Å². The molecule has 0 bridgehead atoms. The second kappa shape index (κ2) is 4.82. The van der Waals surface area contributed by atoms with Gasteiger partial charge in [0.05, 0.1) is 17.0 Å². The van der Waals surface area contributed by atoms with Crippen molar-refractivity contribution in [3.8, 4) is 11.3 Å². The number of halogens is 1. The van der Waals surface area contributed by atoms with Crippen molar-refractivity contribution in [2.24, 2.45) is 7.05 Å². The first kappa shape index (κ1) is 12.6. The molecule has 0 amide bonds. The minimum absolute atomic E-state index is 0.460. The van der Waals surface area contributed by atoms with Gasteiger partial charge < -0.3 is 4.29 Å². The van der Waals surface area contributed by atoms with Crippen LogP contribution in [0.5, 0.6) is 0 Å². The molecule has 4 nitrogen and oxygen atoms in total. The van der Waals surface area contributed by atoms with Crippen LogP contribution in [0.1, 0.15) is 21.6 Å². The lowest BCUT2D eigenvalue weighted by Gasteiger charge is -2.09. The first-order chi connectivity index (χ1) is 8.54. The summed E-state index contributed by atoms with van der Waals surface area (Å²) in [5, 5.41) is 4.30. The summed E-state index contributed by atoms with van der Waals surface area (Å²) >= 11 is 5.13. The summed E-state index contributed by atoms with van der Waals surface area (Å²) in [7, 11) is 1.87. The van der Waals surface area contributed by atoms with Crippen molar-refractivity contribution in [3.05, 3.63) is 41.1 Å². The lowest BCUT2D eigenvalue weighted by molar-refractivity contribution is 0.0750. The molecule has 0 saturated heterocycles. The number of aromatic nitrogens is 2. The molecule has 0 fully saturated rings. The molecule has 0 atom stereocenters. The third-order valence-electron chi connectivity index (χ3n) is 2.90. The van der Waals surface area contributed by atoms with Crippen molar-refractivity contribution in [1.82, 2.24) is 9.78 Å². The second-order valence-corrected chi connectivity index (χ2v) is 4.29. The fraction of sp³-hybridized carbons (Fsp3) is 0.231. The summed E-state index contributed by atoms with van der Waals surface area (Å²) in [5.74, 6) is -0.546. The van der Waals surface area contributed by atoms with E-state index in [4.69, 9.17) is 11.9 Å². The molecule has 0 spiro atoms. The van der Waals surface area contributed by atoms with Gasteiger partial charge in [0.1, 0.15) is 11.9 Å². The van der Waals surface area contributed by atoms with E-state index in [1.54, 1.807) is 16.8 Å². The number of benzene rings is 1. The Morgan fingerprint density at radius 1 is 1.39 bits per heavy atom. The fourth-order valence-corrected chi connectivity index (χ4v) is 2.12. The molecule has 5 heteroatoms. The van der Waals surface area contributed by atoms with Crippen molar-refractivity contribution in [2.75, 3.05) is 0 Å². The summed E-state index contributed by atoms with van der Waals surface area (Å²) in [6.07, 6.45) is 0. The summed E-state index contributed by atoms with van der Waals surface area (Å²) < 4.78 is 6.04. The van der Waals surface area contributed by atoms with E-state index in [-0.39, 0.29) is 0 Å². The molecular weight excluding hydrogens is 252 g/mol. The number of nitrogens with zero attached hydrogens (tertiary/aromatic N) is 2. The van der Waals surface area contributed by atoms with Crippen LogP contribution in [0.15, 0.2) is 24.3 Å². The number of rotatable bonds is 2. The molecule has 0 saturated carbocycles. The average molecular weight is 265 g/mol. The third kappa shape index (κ3) is 2.11. The van der Waals surface area contributed by atoms with Crippen LogP contribution in [-0.2, 0) is 11.3 Å². The quantitative estimate of drug-likeness (QED) is 0.837. The molecule has 0 radical (unpaired) electrons. The van der Waals surface area contributed by atoms with Crippen LogP contribution in [0, 0.1) is 13.8 Å². The Labute approximate surface area is 110 Å². The second-order valence-electron chi connectivity index (χ2n) is 4.14. The maximum Gasteiger partial charge on any atom is 0.356 e. The molecule has 94 valence electrons. The van der Waals surface area contributed by atoms with Crippen LogP contribution >= 0.6 is 11.9 Å². The first-order valence-corrected chi connectivity index (χ1v) is 5.79. The average Bonchev–Trinajstić information content (AvgIpc) is 2.68. The smallest absolute Gasteiger partial charge is 0.343 e. The molecule has 2 aromatic rings. The van der Waals surface area contributed by atoms with Gasteiger partial charge in [0, 0.05) is 12.6 Å². The molecule has 18 heavy (non-hydrogen) atoms. The largest absolute Gasteiger partial charge is 0.356 e. The van der Waals surface area contributed by atoms with Gasteiger partial charge in [-0.05, 0) is 31.5 Å². The van der Waals surface area contributed by atoms with Gasteiger partial charge in [0.15, 0.2) is 0 Å². The van der Waals surface area contributed by atoms with Crippen LogP contribution in [-0.4, -0.2) is 15.7 Å². The van der Waals surface area contributed by atoms with Gasteiger partial charge in [0.2, 0.25) is 0 Å². The van der Waals surface area contributed by atoms with Crippen molar-refractivity contribution in [3.63, 3.8) is 0 Å². The zero-order valence-electron chi connectivity index (χ0n) is 10.4. The van der Waals surface area contributed by atoms with Gasteiger partial charge in [-0.3, -0.25) is 4.68 Å². The zero-order chi connectivity index (χ0) is 13.3. The fourth-order valence-electron chi connectivity index (χ4n) is 2.04. The molecule has 0 unspecified atom stereocenters. The topological polar surface area (TPSA) is 44.1 Å². The van der Waals surface area contributed by atoms with Gasteiger partial charge in [-0.2, -0.15) is 5.10 Å². The Morgan fingerprint density at radius 2 is 2.11 bits per heavy atom. The number of hydrogen-bond donors (Lipinski definition) is 0. The summed E-state index contributed by atoms with van der Waals surface area (Å²) in [5.41, 5.74) is 4.11. The Morgan fingerprint density at radius 3 is 2.67 bits per heavy atom. The Hall–Kier alpha value is -1.81. The van der Waals surface area contributed by atoms with Crippen LogP contribution in [0.4, 0.5) is 0 Å². The van der Waals surface area contributed by atoms with E-state index in [2.05, 4.69) is 9.39 Å². The van der Waals surface area contributed by atoms with Crippen LogP contribution in [0.2, 0.25) is 0 Å². The number of hydrogen-bond acceptors (Lipinski definition) is 3. The lowest BCUT2D eigenvalue weighted by Crippen LogP contribution is -2.03. The molecule has 0 aliphatic rings. The van der Waals surface area contributed by atoms with Crippen LogP contribution in [0.25, 0.3) is 11.3 Å². The SMILES string of the molecule is Cc1cc(-c2cccc(C(=O)OCl)c2C)n(C)n1. The highest BCUT2D eigenvalue weighted by molar-refractivity contribution is 6.16. The molecular formula is C13H13ClN2O2. The van der Waals surface area contributed by atoms with E-state index in [0.717, 1.165) is 22.5 Å². The Bertz CT molecular complexity index is 605. The van der Waals surface area contributed by atoms with E-state index in [9.17, 15) is 4.79 Å². The van der Waals surface area contributed by atoms with Gasteiger partial charge in [-0.15, -0.1) is 0 Å². The highest BCUT2D eigenvalue weighted by atomic mass is 35.5. The Kier molecular flexibility index (Phi) is 3.39. The maximum absolute atomic E-state index is 11.5. The monoisotopic (exact) mass is 264 g/mol. The van der Waals surface area contributed by atoms with Gasteiger partial charge in [0.25, 0.3) is 0 Å². The van der Waals surface area contributed by atoms with E-state index < -0.39 is 5.97 Å². The number of carbonyl (C=O) groups is 1. The van der Waals surface area contributed by atoms with E-state index in [1.807, 2.05) is 33.0 Å². The summed E-state index contributed by atoms with van der Waals surface area (Å²) in [6, 6.07) is 7.40. The molecule has 1 aromatic carbocycles. The van der Waals surface area contributed by atoms with Crippen LogP contribution < -0.4 is 0 Å². The zero-order valence-corrected chi connectivity index (χ0v) is 11.2. The van der Waals surface area contributed by atoms with Gasteiger partial charge >= 0.3 is 5.97 Å². The maximum atomic E-state index is 11.5. The van der Waals surface area contributed by atoms with Crippen molar-refractivity contribution < 1.29 is 9.08 Å². The molecule has 0 N–H and O–H groups in total. The standard InChI is InChI=1S/C13H13ClN2O2/c1-8-7-12(16(3)15-8)10-5-4-6-11(9(10)2)13(17)18-14/h4-7H,1-3H3. The summed E-state index contributed by atoms with van der Waals surface area (Å²) in [4.78, 5) is 11.5. The van der Waals surface area contributed by atoms with Gasteiger partial charge in [-0.25, -0.2) is 4.79 Å². The highest BCUT2D eigenvalue weighted by Gasteiger charge is 2.15. The van der Waals surface area contributed by atoms with Gasteiger partial charge in [-0.1, -0.05) is 12.1 Å². The lowest BCUT2D eigenvalue weighted by atomic mass is 10.00. The minimum atomic E-state index is -0.546. The molecule has 0 aliphatic heterocycles. The molecule has 2 rings (SSSR count). The molecule has 1 aromatic heterocycles. The summed E-state index contributed by atoms with van der Waals surface area (Å²) in [6.45, 7) is 3.79. The van der Waals surface area contributed by atoms with Crippen LogP contribution in [0.3, 0.4) is 0 Å². The minimum Gasteiger partial charge on any atom is -0.343 e. The van der Waals surface area contributed by atoms with Crippen molar-refractivity contribution in [1.29, 1.82) is 0 Å². The third-order valence-corrected chi connectivity index (χ3v) is 3.04. The molecule has 0 aliphatic carbocycles. The van der Waals surface area contributed by atoms with E-state index in [1.165, 1.54) is 0 Å². The van der Waals surface area contributed by atoms with Crippen molar-refractivity contribution >= 4 is 17.8 Å². The first-order valence-electron chi connectivity index (χ1n) is 5.48. The Balaban J connectivity index is 2.59. The van der Waals surface area contributed by atoms with E-state index in [0.29, 0.717) is 5.56 Å². The number of carbonyl (C=O) groups excluding carboxylic acids is 1. The molecule has 1 heterocycles. The normalized spacial score (nSPS) is 10.4. The predicted molar refractivity (Wildman–Crippen MR) is 69.4 cm³/mol. The highest BCUT2D eigenvalue weighted by Crippen LogP contribution is 2.26. The van der Waals surface area contributed by atoms with E-state index >= 15 is 0 Å². The number of aryl methyl sites for hydroxylation is 2.